The molecule has 7 heteroatoms. The lowest BCUT2D eigenvalue weighted by molar-refractivity contribution is 0.0964. The molecule has 0 radical (unpaired) electrons. The van der Waals surface area contributed by atoms with E-state index >= 15 is 0 Å². The number of anilines is 1. The van der Waals surface area contributed by atoms with Crippen molar-refractivity contribution >= 4 is 28.6 Å². The maximum Gasteiger partial charge on any atom is 0.407 e. The zero-order chi connectivity index (χ0) is 17.1. The largest absolute Gasteiger partial charge is 0.453 e. The molecule has 3 N–H and O–H groups in total. The molecular formula is C17H16N4O3. The Morgan fingerprint density at radius 1 is 1.29 bits per heavy atom. The summed E-state index contributed by atoms with van der Waals surface area (Å²) in [6.07, 6.45) is 2.66. The lowest BCUT2D eigenvalue weighted by atomic mass is 10.2. The van der Waals surface area contributed by atoms with Gasteiger partial charge >= 0.3 is 6.09 Å². The molecule has 0 aliphatic carbocycles. The van der Waals surface area contributed by atoms with E-state index < -0.39 is 6.09 Å². The van der Waals surface area contributed by atoms with Crippen LogP contribution in [0.5, 0.6) is 0 Å². The number of carbonyl (C=O) groups excluding carboxylic acids is 2. The van der Waals surface area contributed by atoms with Crippen molar-refractivity contribution in [2.24, 2.45) is 0 Å². The molecule has 2 heterocycles. The van der Waals surface area contributed by atoms with Crippen LogP contribution in [0.1, 0.15) is 16.1 Å². The number of aromatic nitrogens is 2. The molecule has 7 nitrogen and oxygen atoms in total. The average molecular weight is 324 g/mol. The molecule has 24 heavy (non-hydrogen) atoms. The number of nitrogens with one attached hydrogen (secondary N) is 1. The summed E-state index contributed by atoms with van der Waals surface area (Å²) >= 11 is 0. The molecule has 1 amide bonds. The molecule has 3 aromatic rings. The Kier molecular flexibility index (Phi) is 4.15. The van der Waals surface area contributed by atoms with Gasteiger partial charge in [0.2, 0.25) is 0 Å². The predicted molar refractivity (Wildman–Crippen MR) is 89.6 cm³/mol. The molecule has 0 aliphatic rings. The van der Waals surface area contributed by atoms with Crippen molar-refractivity contribution in [3.05, 3.63) is 60.0 Å². The number of nitrogen functional groups attached to an aromatic ring is 1. The minimum atomic E-state index is -0.555. The van der Waals surface area contributed by atoms with Gasteiger partial charge in [0.05, 0.1) is 24.9 Å². The summed E-state index contributed by atoms with van der Waals surface area (Å²) in [6.45, 7) is 0.174. The van der Waals surface area contributed by atoms with E-state index in [0.717, 1.165) is 10.9 Å². The van der Waals surface area contributed by atoms with Crippen molar-refractivity contribution < 1.29 is 14.3 Å². The van der Waals surface area contributed by atoms with Gasteiger partial charge in [-0.1, -0.05) is 6.07 Å². The fraction of sp³-hybridized carbons (Fsp3) is 0.118. The van der Waals surface area contributed by atoms with Crippen LogP contribution in [0.25, 0.3) is 10.9 Å². The molecule has 3 rings (SSSR count). The highest BCUT2D eigenvalue weighted by atomic mass is 16.5. The molecule has 0 fully saturated rings. The lowest BCUT2D eigenvalue weighted by Crippen LogP contribution is -2.23. The second-order valence-corrected chi connectivity index (χ2v) is 5.15. The van der Waals surface area contributed by atoms with E-state index in [9.17, 15) is 9.59 Å². The SMILES string of the molecule is COC(=O)NCc1cc(C(=O)n2ccc3c(N)cccc32)ccn1. The molecular weight excluding hydrogens is 308 g/mol. The quantitative estimate of drug-likeness (QED) is 0.719. The Morgan fingerprint density at radius 2 is 2.12 bits per heavy atom. The Morgan fingerprint density at radius 3 is 2.92 bits per heavy atom. The predicted octanol–water partition coefficient (Wildman–Crippen LogP) is 2.16. The van der Waals surface area contributed by atoms with E-state index in [-0.39, 0.29) is 12.5 Å². The highest BCUT2D eigenvalue weighted by Gasteiger charge is 2.13. The van der Waals surface area contributed by atoms with Crippen molar-refractivity contribution in [1.29, 1.82) is 0 Å². The molecule has 1 aromatic carbocycles. The van der Waals surface area contributed by atoms with Crippen LogP contribution in [-0.2, 0) is 11.3 Å². The standard InChI is InChI=1S/C17H16N4O3/c1-24-17(23)20-10-12-9-11(5-7-19-12)16(22)21-8-6-13-14(18)3-2-4-15(13)21/h2-9H,10,18H2,1H3,(H,20,23). The van der Waals surface area contributed by atoms with Crippen molar-refractivity contribution in [1.82, 2.24) is 14.9 Å². The molecule has 0 spiro atoms. The number of methoxy groups -OCH3 is 1. The first-order valence-electron chi connectivity index (χ1n) is 7.27. The van der Waals surface area contributed by atoms with E-state index in [1.54, 1.807) is 35.0 Å². The van der Waals surface area contributed by atoms with Crippen LogP contribution in [0.3, 0.4) is 0 Å². The monoisotopic (exact) mass is 324 g/mol. The van der Waals surface area contributed by atoms with Crippen LogP contribution >= 0.6 is 0 Å². The first kappa shape index (κ1) is 15.5. The second kappa shape index (κ2) is 6.41. The highest BCUT2D eigenvalue weighted by molar-refractivity contribution is 6.04. The topological polar surface area (TPSA) is 99.2 Å². The highest BCUT2D eigenvalue weighted by Crippen LogP contribution is 2.22. The van der Waals surface area contributed by atoms with Gasteiger partial charge in [-0.05, 0) is 30.3 Å². The number of pyridine rings is 1. The Hall–Kier alpha value is -3.35. The van der Waals surface area contributed by atoms with Gasteiger partial charge in [0, 0.05) is 29.0 Å². The van der Waals surface area contributed by atoms with Gasteiger partial charge < -0.3 is 15.8 Å². The number of fused-ring (bicyclic) bond motifs is 1. The van der Waals surface area contributed by atoms with Gasteiger partial charge in [0.1, 0.15) is 0 Å². The van der Waals surface area contributed by atoms with E-state index in [0.29, 0.717) is 16.9 Å². The molecule has 0 unspecified atom stereocenters. The number of hydrogen-bond acceptors (Lipinski definition) is 5. The van der Waals surface area contributed by atoms with Gasteiger partial charge in [-0.15, -0.1) is 0 Å². The molecule has 0 atom stereocenters. The minimum Gasteiger partial charge on any atom is -0.453 e. The van der Waals surface area contributed by atoms with Crippen LogP contribution in [0, 0.1) is 0 Å². The van der Waals surface area contributed by atoms with E-state index in [1.807, 2.05) is 12.1 Å². The molecule has 0 aliphatic heterocycles. The average Bonchev–Trinajstić information content (AvgIpc) is 3.04. The van der Waals surface area contributed by atoms with E-state index in [2.05, 4.69) is 15.0 Å². The summed E-state index contributed by atoms with van der Waals surface area (Å²) in [6, 6.07) is 10.5. The van der Waals surface area contributed by atoms with Gasteiger partial charge in [-0.2, -0.15) is 0 Å². The van der Waals surface area contributed by atoms with Crippen LogP contribution < -0.4 is 11.1 Å². The first-order valence-corrected chi connectivity index (χ1v) is 7.27. The van der Waals surface area contributed by atoms with Crippen LogP contribution in [-0.4, -0.2) is 28.7 Å². The molecule has 0 saturated carbocycles. The van der Waals surface area contributed by atoms with Crippen LogP contribution in [0.4, 0.5) is 10.5 Å². The number of nitrogens with zero attached hydrogens (tertiary/aromatic N) is 2. The summed E-state index contributed by atoms with van der Waals surface area (Å²) < 4.78 is 6.05. The molecule has 0 bridgehead atoms. The molecule has 2 aromatic heterocycles. The maximum atomic E-state index is 12.8. The van der Waals surface area contributed by atoms with Crippen molar-refractivity contribution in [3.8, 4) is 0 Å². The van der Waals surface area contributed by atoms with Gasteiger partial charge in [0.25, 0.3) is 5.91 Å². The summed E-state index contributed by atoms with van der Waals surface area (Å²) in [5, 5.41) is 3.35. The fourth-order valence-electron chi connectivity index (χ4n) is 2.45. The third kappa shape index (κ3) is 2.91. The Bertz CT molecular complexity index is 917. The number of hydrogen-bond donors (Lipinski definition) is 2. The first-order chi connectivity index (χ1) is 11.6. The second-order valence-electron chi connectivity index (χ2n) is 5.15. The number of nitrogens with two attached hydrogens (primary N) is 1. The third-order valence-corrected chi connectivity index (χ3v) is 3.65. The summed E-state index contributed by atoms with van der Waals surface area (Å²) in [5.74, 6) is -0.197. The fourth-order valence-corrected chi connectivity index (χ4v) is 2.45. The van der Waals surface area contributed by atoms with E-state index in [1.165, 1.54) is 13.3 Å². The van der Waals surface area contributed by atoms with Crippen molar-refractivity contribution in [2.75, 3.05) is 12.8 Å². The number of alkyl carbamates (subject to hydrolysis) is 1. The maximum absolute atomic E-state index is 12.8. The van der Waals surface area contributed by atoms with Crippen molar-refractivity contribution in [3.63, 3.8) is 0 Å². The molecule has 122 valence electrons. The van der Waals surface area contributed by atoms with Gasteiger partial charge in [-0.3, -0.25) is 14.3 Å². The number of benzene rings is 1. The van der Waals surface area contributed by atoms with Crippen LogP contribution in [0.2, 0.25) is 0 Å². The number of ether oxygens (including phenoxy) is 1. The summed E-state index contributed by atoms with van der Waals surface area (Å²) in [4.78, 5) is 28.0. The van der Waals surface area contributed by atoms with Crippen LogP contribution in [0.15, 0.2) is 48.8 Å². The van der Waals surface area contributed by atoms with Crippen molar-refractivity contribution in [2.45, 2.75) is 6.54 Å². The zero-order valence-corrected chi connectivity index (χ0v) is 13.0. The number of carbonyl (C=O) groups is 2. The summed E-state index contributed by atoms with van der Waals surface area (Å²) in [7, 11) is 1.28. The van der Waals surface area contributed by atoms with Gasteiger partial charge in [-0.25, -0.2) is 4.79 Å². The third-order valence-electron chi connectivity index (χ3n) is 3.65. The van der Waals surface area contributed by atoms with Gasteiger partial charge in [0.15, 0.2) is 0 Å². The zero-order valence-electron chi connectivity index (χ0n) is 13.0. The lowest BCUT2D eigenvalue weighted by Gasteiger charge is -2.07. The molecule has 0 saturated heterocycles. The summed E-state index contributed by atoms with van der Waals surface area (Å²) in [5.41, 5.74) is 8.31. The number of amides is 1. The van der Waals surface area contributed by atoms with E-state index in [4.69, 9.17) is 5.73 Å². The minimum absolute atomic E-state index is 0.174. The smallest absolute Gasteiger partial charge is 0.407 e. The Labute approximate surface area is 138 Å². The number of rotatable bonds is 3. The Balaban J connectivity index is 1.89. The normalized spacial score (nSPS) is 10.5.